The van der Waals surface area contributed by atoms with Gasteiger partial charge in [-0.05, 0) is 17.7 Å². The van der Waals surface area contributed by atoms with E-state index in [2.05, 4.69) is 26.6 Å². The number of carbonyl (C=O) groups is 3. The second-order valence-electron chi connectivity index (χ2n) is 4.78. The summed E-state index contributed by atoms with van der Waals surface area (Å²) >= 11 is 3.36. The summed E-state index contributed by atoms with van der Waals surface area (Å²) in [7, 11) is 0. The molecular weight excluding hydrogens is 336 g/mol. The first-order valence-corrected chi connectivity index (χ1v) is 7.36. The quantitative estimate of drug-likeness (QED) is 0.810. The molecule has 0 spiro atoms. The number of halogens is 1. The maximum atomic E-state index is 11.9. The van der Waals surface area contributed by atoms with Crippen LogP contribution in [0.25, 0.3) is 6.08 Å². The van der Waals surface area contributed by atoms with E-state index in [4.69, 9.17) is 0 Å². The maximum absolute atomic E-state index is 11.9. The first-order chi connectivity index (χ1) is 10.0. The van der Waals surface area contributed by atoms with Gasteiger partial charge in [-0.1, -0.05) is 40.2 Å². The largest absolute Gasteiger partial charge is 0.352 e. The van der Waals surface area contributed by atoms with E-state index >= 15 is 0 Å². The lowest BCUT2D eigenvalue weighted by Crippen LogP contribution is -2.44. The minimum Gasteiger partial charge on any atom is -0.352 e. The summed E-state index contributed by atoms with van der Waals surface area (Å²) < 4.78 is 1.01. The number of piperidine rings is 1. The standard InChI is InChI=1S/C15H15BrN2O3/c16-12-5-3-10(4-6-12)2-1-7-17-15(21)11-8-13(19)18-14(20)9-11/h1-6,11H,7-9H2,(H,17,21)(H,18,19,20)/b2-1+. The first-order valence-electron chi connectivity index (χ1n) is 6.57. The van der Waals surface area contributed by atoms with E-state index in [0.29, 0.717) is 6.54 Å². The van der Waals surface area contributed by atoms with Gasteiger partial charge in [0.1, 0.15) is 0 Å². The predicted molar refractivity (Wildman–Crippen MR) is 82.1 cm³/mol. The lowest BCUT2D eigenvalue weighted by atomic mass is 9.96. The zero-order chi connectivity index (χ0) is 15.2. The summed E-state index contributed by atoms with van der Waals surface area (Å²) in [4.78, 5) is 34.3. The SMILES string of the molecule is O=C1CC(C(=O)NC/C=C/c2ccc(Br)cc2)CC(=O)N1. The Morgan fingerprint density at radius 3 is 2.48 bits per heavy atom. The van der Waals surface area contributed by atoms with E-state index in [1.54, 1.807) is 0 Å². The number of imide groups is 1. The summed E-state index contributed by atoms with van der Waals surface area (Å²) in [6.45, 7) is 0.362. The highest BCUT2D eigenvalue weighted by Crippen LogP contribution is 2.13. The molecule has 1 fully saturated rings. The number of hydrogen-bond acceptors (Lipinski definition) is 3. The van der Waals surface area contributed by atoms with Gasteiger partial charge in [0.15, 0.2) is 0 Å². The predicted octanol–water partition coefficient (Wildman–Crippen LogP) is 1.63. The summed E-state index contributed by atoms with van der Waals surface area (Å²) in [5.74, 6) is -1.61. The molecule has 1 aromatic rings. The number of carbonyl (C=O) groups excluding carboxylic acids is 3. The molecule has 0 saturated carbocycles. The van der Waals surface area contributed by atoms with Crippen molar-refractivity contribution in [2.45, 2.75) is 12.8 Å². The van der Waals surface area contributed by atoms with E-state index in [9.17, 15) is 14.4 Å². The third-order valence-electron chi connectivity index (χ3n) is 3.09. The molecule has 1 saturated heterocycles. The Morgan fingerprint density at radius 1 is 1.24 bits per heavy atom. The van der Waals surface area contributed by atoms with Crippen molar-refractivity contribution in [3.8, 4) is 0 Å². The molecule has 1 heterocycles. The van der Waals surface area contributed by atoms with Crippen LogP contribution in [0.4, 0.5) is 0 Å². The first kappa shape index (κ1) is 15.4. The average Bonchev–Trinajstić information content (AvgIpc) is 2.44. The van der Waals surface area contributed by atoms with Crippen molar-refractivity contribution < 1.29 is 14.4 Å². The van der Waals surface area contributed by atoms with Crippen LogP contribution in [-0.2, 0) is 14.4 Å². The van der Waals surface area contributed by atoms with Gasteiger partial charge in [-0.2, -0.15) is 0 Å². The van der Waals surface area contributed by atoms with E-state index in [-0.39, 0.29) is 18.7 Å². The Bertz CT molecular complexity index is 565. The van der Waals surface area contributed by atoms with Gasteiger partial charge in [0.2, 0.25) is 17.7 Å². The molecule has 1 aliphatic rings. The highest BCUT2D eigenvalue weighted by atomic mass is 79.9. The second kappa shape index (κ2) is 7.17. The van der Waals surface area contributed by atoms with Crippen LogP contribution >= 0.6 is 15.9 Å². The van der Waals surface area contributed by atoms with Crippen LogP contribution in [0.5, 0.6) is 0 Å². The van der Waals surface area contributed by atoms with E-state index in [1.807, 2.05) is 36.4 Å². The fourth-order valence-corrected chi connectivity index (χ4v) is 2.30. The molecule has 3 amide bonds. The summed E-state index contributed by atoms with van der Waals surface area (Å²) in [5.41, 5.74) is 1.03. The molecule has 0 unspecified atom stereocenters. The van der Waals surface area contributed by atoms with Gasteiger partial charge in [-0.15, -0.1) is 0 Å². The highest BCUT2D eigenvalue weighted by Gasteiger charge is 2.29. The molecule has 1 aromatic carbocycles. The lowest BCUT2D eigenvalue weighted by Gasteiger charge is -2.19. The van der Waals surface area contributed by atoms with Gasteiger partial charge < -0.3 is 5.32 Å². The van der Waals surface area contributed by atoms with Crippen molar-refractivity contribution in [2.75, 3.05) is 6.54 Å². The second-order valence-corrected chi connectivity index (χ2v) is 5.69. The van der Waals surface area contributed by atoms with Gasteiger partial charge in [0.05, 0.1) is 5.92 Å². The Labute approximate surface area is 130 Å². The monoisotopic (exact) mass is 350 g/mol. The molecule has 110 valence electrons. The Morgan fingerprint density at radius 2 is 1.86 bits per heavy atom. The van der Waals surface area contributed by atoms with E-state index in [1.165, 1.54) is 0 Å². The van der Waals surface area contributed by atoms with Crippen LogP contribution < -0.4 is 10.6 Å². The molecule has 0 aromatic heterocycles. The van der Waals surface area contributed by atoms with Crippen LogP contribution in [0.3, 0.4) is 0 Å². The normalized spacial score (nSPS) is 16.0. The highest BCUT2D eigenvalue weighted by molar-refractivity contribution is 9.10. The topological polar surface area (TPSA) is 75.3 Å². The Kier molecular flexibility index (Phi) is 5.27. The number of nitrogens with one attached hydrogen (secondary N) is 2. The van der Waals surface area contributed by atoms with Crippen LogP contribution in [0.15, 0.2) is 34.8 Å². The number of rotatable bonds is 4. The third kappa shape index (κ3) is 4.82. The third-order valence-corrected chi connectivity index (χ3v) is 3.62. The van der Waals surface area contributed by atoms with Gasteiger partial charge in [-0.3, -0.25) is 19.7 Å². The van der Waals surface area contributed by atoms with E-state index < -0.39 is 17.7 Å². The van der Waals surface area contributed by atoms with Crippen molar-refractivity contribution in [3.05, 3.63) is 40.4 Å². The summed E-state index contributed by atoms with van der Waals surface area (Å²) in [6.07, 6.45) is 3.85. The molecule has 0 radical (unpaired) electrons. The maximum Gasteiger partial charge on any atom is 0.227 e. The van der Waals surface area contributed by atoms with Gasteiger partial charge in [-0.25, -0.2) is 0 Å². The minimum absolute atomic E-state index is 0.0635. The van der Waals surface area contributed by atoms with Crippen molar-refractivity contribution in [2.24, 2.45) is 5.92 Å². The van der Waals surface area contributed by atoms with Gasteiger partial charge >= 0.3 is 0 Å². The molecular formula is C15H15BrN2O3. The molecule has 2 N–H and O–H groups in total. The number of benzene rings is 1. The molecule has 1 aliphatic heterocycles. The van der Waals surface area contributed by atoms with Crippen molar-refractivity contribution in [3.63, 3.8) is 0 Å². The number of hydrogen-bond donors (Lipinski definition) is 2. The van der Waals surface area contributed by atoms with Crippen LogP contribution in [0.1, 0.15) is 18.4 Å². The Hall–Kier alpha value is -1.95. The van der Waals surface area contributed by atoms with Gasteiger partial charge in [0, 0.05) is 23.9 Å². The lowest BCUT2D eigenvalue weighted by molar-refractivity contribution is -0.140. The van der Waals surface area contributed by atoms with Crippen LogP contribution in [0.2, 0.25) is 0 Å². The molecule has 5 nitrogen and oxygen atoms in total. The molecule has 0 aliphatic carbocycles. The van der Waals surface area contributed by atoms with E-state index in [0.717, 1.165) is 10.0 Å². The molecule has 21 heavy (non-hydrogen) atoms. The van der Waals surface area contributed by atoms with Crippen molar-refractivity contribution in [1.29, 1.82) is 0 Å². The molecule has 0 atom stereocenters. The summed E-state index contributed by atoms with van der Waals surface area (Å²) in [5, 5.41) is 4.89. The molecule has 6 heteroatoms. The number of amides is 3. The fraction of sp³-hybridized carbons (Fsp3) is 0.267. The minimum atomic E-state index is -0.563. The smallest absolute Gasteiger partial charge is 0.227 e. The van der Waals surface area contributed by atoms with Crippen LogP contribution in [0, 0.1) is 5.92 Å². The van der Waals surface area contributed by atoms with Gasteiger partial charge in [0.25, 0.3) is 0 Å². The molecule has 0 bridgehead atoms. The zero-order valence-corrected chi connectivity index (χ0v) is 12.9. The Balaban J connectivity index is 1.80. The van der Waals surface area contributed by atoms with Crippen molar-refractivity contribution >= 4 is 39.7 Å². The van der Waals surface area contributed by atoms with Crippen LogP contribution in [-0.4, -0.2) is 24.3 Å². The average molecular weight is 351 g/mol. The molecule has 2 rings (SSSR count). The van der Waals surface area contributed by atoms with Crippen molar-refractivity contribution in [1.82, 2.24) is 10.6 Å². The zero-order valence-electron chi connectivity index (χ0n) is 11.3. The fourth-order valence-electron chi connectivity index (χ4n) is 2.04. The summed E-state index contributed by atoms with van der Waals surface area (Å²) in [6, 6.07) is 7.77.